The number of esters is 1. The standard InChI is InChI=1S/C32H25ClFN3O3S/c1-3-40-31(39)28-19(2)35-32-37(29(28)21-10-12-23(33)13-11-21)30(38)27(41-32)16-22-18-36(26-7-5-4-6-25(22)26)17-20-8-14-24(34)15-9-20/h4-16,18,29H,3,17H2,1-2H3/b27-16+/t29-/m1/s1. The van der Waals surface area contributed by atoms with Crippen molar-refractivity contribution in [3.8, 4) is 0 Å². The van der Waals surface area contributed by atoms with Crippen LogP contribution in [0.15, 0.2) is 100 Å². The number of fused-ring (bicyclic) bond motifs is 2. The zero-order valence-electron chi connectivity index (χ0n) is 22.3. The summed E-state index contributed by atoms with van der Waals surface area (Å²) in [6.45, 7) is 4.26. The van der Waals surface area contributed by atoms with Crippen LogP contribution < -0.4 is 14.9 Å². The Balaban J connectivity index is 1.51. The molecule has 1 aliphatic rings. The van der Waals surface area contributed by atoms with Crippen molar-refractivity contribution in [2.75, 3.05) is 6.61 Å². The number of ether oxygens (including phenoxy) is 1. The van der Waals surface area contributed by atoms with Crippen molar-refractivity contribution >= 4 is 45.9 Å². The number of para-hydroxylation sites is 1. The van der Waals surface area contributed by atoms with E-state index in [2.05, 4.69) is 9.56 Å². The maximum atomic E-state index is 14.0. The van der Waals surface area contributed by atoms with E-state index in [-0.39, 0.29) is 18.0 Å². The van der Waals surface area contributed by atoms with E-state index in [9.17, 15) is 14.0 Å². The van der Waals surface area contributed by atoms with Crippen LogP contribution >= 0.6 is 22.9 Å². The van der Waals surface area contributed by atoms with E-state index in [0.29, 0.717) is 32.2 Å². The van der Waals surface area contributed by atoms with Crippen molar-refractivity contribution in [1.29, 1.82) is 0 Å². The van der Waals surface area contributed by atoms with Crippen molar-refractivity contribution in [1.82, 2.24) is 9.13 Å². The molecule has 5 aromatic rings. The SMILES string of the molecule is CCOC(=O)C1=C(C)N=c2s/c(=C/c3cn(Cc4ccc(F)cc4)c4ccccc34)c(=O)n2[C@@H]1c1ccc(Cl)cc1. The number of thiazole rings is 1. The minimum absolute atomic E-state index is 0.204. The van der Waals surface area contributed by atoms with Gasteiger partial charge in [-0.15, -0.1) is 0 Å². The molecule has 6 rings (SSSR count). The zero-order chi connectivity index (χ0) is 28.7. The second-order valence-electron chi connectivity index (χ2n) is 9.71. The van der Waals surface area contributed by atoms with Crippen LogP contribution in [0.25, 0.3) is 17.0 Å². The molecule has 206 valence electrons. The second-order valence-corrected chi connectivity index (χ2v) is 11.2. The first kappa shape index (κ1) is 26.9. The first-order chi connectivity index (χ1) is 19.8. The van der Waals surface area contributed by atoms with E-state index < -0.39 is 12.0 Å². The molecule has 0 fully saturated rings. The number of carbonyl (C=O) groups is 1. The van der Waals surface area contributed by atoms with Crippen molar-refractivity contribution in [2.45, 2.75) is 26.4 Å². The van der Waals surface area contributed by atoms with E-state index in [1.807, 2.05) is 48.7 Å². The molecule has 3 aromatic carbocycles. The average Bonchev–Trinajstić information content (AvgIpc) is 3.46. The molecule has 1 aliphatic heterocycles. The minimum Gasteiger partial charge on any atom is -0.463 e. The molecule has 0 saturated carbocycles. The number of allylic oxidation sites excluding steroid dienone is 1. The lowest BCUT2D eigenvalue weighted by Gasteiger charge is -2.24. The van der Waals surface area contributed by atoms with Crippen LogP contribution in [-0.2, 0) is 16.1 Å². The van der Waals surface area contributed by atoms with Crippen molar-refractivity contribution < 1.29 is 13.9 Å². The summed E-state index contributed by atoms with van der Waals surface area (Å²) >= 11 is 7.43. The van der Waals surface area contributed by atoms with Crippen molar-refractivity contribution in [3.05, 3.63) is 137 Å². The maximum Gasteiger partial charge on any atom is 0.338 e. The van der Waals surface area contributed by atoms with Gasteiger partial charge in [0.1, 0.15) is 5.82 Å². The molecule has 9 heteroatoms. The number of carbonyl (C=O) groups excluding carboxylic acids is 1. The van der Waals surface area contributed by atoms with Crippen LogP contribution in [0.4, 0.5) is 4.39 Å². The summed E-state index contributed by atoms with van der Waals surface area (Å²) in [5, 5.41) is 1.54. The highest BCUT2D eigenvalue weighted by Crippen LogP contribution is 2.31. The third-order valence-electron chi connectivity index (χ3n) is 7.07. The summed E-state index contributed by atoms with van der Waals surface area (Å²) in [6.07, 6.45) is 3.87. The minimum atomic E-state index is -0.704. The largest absolute Gasteiger partial charge is 0.463 e. The van der Waals surface area contributed by atoms with Gasteiger partial charge in [0.25, 0.3) is 5.56 Å². The van der Waals surface area contributed by atoms with Gasteiger partial charge in [0, 0.05) is 34.2 Å². The number of benzene rings is 3. The molecule has 1 atom stereocenters. The topological polar surface area (TPSA) is 65.6 Å². The van der Waals surface area contributed by atoms with E-state index >= 15 is 0 Å². The van der Waals surface area contributed by atoms with Gasteiger partial charge in [-0.2, -0.15) is 0 Å². The second kappa shape index (κ2) is 11.0. The Hall–Kier alpha value is -4.27. The van der Waals surface area contributed by atoms with Gasteiger partial charge in [0.2, 0.25) is 0 Å². The van der Waals surface area contributed by atoms with Gasteiger partial charge in [-0.3, -0.25) is 9.36 Å². The molecule has 6 nitrogen and oxygen atoms in total. The number of aromatic nitrogens is 2. The van der Waals surface area contributed by atoms with Gasteiger partial charge in [-0.1, -0.05) is 65.4 Å². The average molecular weight is 586 g/mol. The Kier molecular flexibility index (Phi) is 7.19. The van der Waals surface area contributed by atoms with Gasteiger partial charge < -0.3 is 9.30 Å². The van der Waals surface area contributed by atoms with E-state index in [4.69, 9.17) is 16.3 Å². The summed E-state index contributed by atoms with van der Waals surface area (Å²) in [5.41, 5.74) is 4.14. The summed E-state index contributed by atoms with van der Waals surface area (Å²) in [4.78, 5) is 32.3. The molecule has 0 N–H and O–H groups in total. The van der Waals surface area contributed by atoms with Gasteiger partial charge >= 0.3 is 5.97 Å². The molecule has 0 spiro atoms. The Morgan fingerprint density at radius 3 is 2.56 bits per heavy atom. The smallest absolute Gasteiger partial charge is 0.338 e. The predicted octanol–water partition coefficient (Wildman–Crippen LogP) is 5.59. The van der Waals surface area contributed by atoms with Gasteiger partial charge in [-0.05, 0) is 61.4 Å². The van der Waals surface area contributed by atoms with Crippen LogP contribution in [0, 0.1) is 5.82 Å². The molecule has 41 heavy (non-hydrogen) atoms. The monoisotopic (exact) mass is 585 g/mol. The lowest BCUT2D eigenvalue weighted by atomic mass is 9.96. The highest BCUT2D eigenvalue weighted by atomic mass is 35.5. The first-order valence-corrected chi connectivity index (χ1v) is 14.3. The number of hydrogen-bond donors (Lipinski definition) is 0. The van der Waals surface area contributed by atoms with E-state index in [0.717, 1.165) is 27.6 Å². The molecule has 2 aromatic heterocycles. The number of halogens is 2. The molecule has 0 aliphatic carbocycles. The van der Waals surface area contributed by atoms with E-state index in [1.165, 1.54) is 23.5 Å². The molecule has 0 amide bonds. The lowest BCUT2D eigenvalue weighted by Crippen LogP contribution is -2.39. The fourth-order valence-electron chi connectivity index (χ4n) is 5.20. The Labute approximate surface area is 243 Å². The van der Waals surface area contributed by atoms with Crippen molar-refractivity contribution in [3.63, 3.8) is 0 Å². The number of hydrogen-bond acceptors (Lipinski definition) is 5. The Morgan fingerprint density at radius 2 is 1.83 bits per heavy atom. The molecular weight excluding hydrogens is 561 g/mol. The molecule has 0 saturated heterocycles. The molecule has 0 unspecified atom stereocenters. The third-order valence-corrected chi connectivity index (χ3v) is 8.31. The van der Waals surface area contributed by atoms with Crippen LogP contribution in [0.3, 0.4) is 0 Å². The summed E-state index contributed by atoms with van der Waals surface area (Å²) in [7, 11) is 0. The molecule has 3 heterocycles. The third kappa shape index (κ3) is 5.05. The highest BCUT2D eigenvalue weighted by Gasteiger charge is 2.33. The molecule has 0 radical (unpaired) electrons. The Morgan fingerprint density at radius 1 is 1.10 bits per heavy atom. The predicted molar refractivity (Wildman–Crippen MR) is 159 cm³/mol. The molecule has 0 bridgehead atoms. The van der Waals surface area contributed by atoms with Gasteiger partial charge in [-0.25, -0.2) is 14.2 Å². The summed E-state index contributed by atoms with van der Waals surface area (Å²) in [6, 6.07) is 20.8. The first-order valence-electron chi connectivity index (χ1n) is 13.1. The summed E-state index contributed by atoms with van der Waals surface area (Å²) in [5.74, 6) is -0.785. The number of rotatable bonds is 6. The quantitative estimate of drug-likeness (QED) is 0.244. The Bertz CT molecular complexity index is 2000. The van der Waals surface area contributed by atoms with Crippen LogP contribution in [-0.4, -0.2) is 21.7 Å². The number of nitrogens with zero attached hydrogens (tertiary/aromatic N) is 3. The summed E-state index contributed by atoms with van der Waals surface area (Å²) < 4.78 is 23.0. The van der Waals surface area contributed by atoms with Crippen LogP contribution in [0.5, 0.6) is 0 Å². The van der Waals surface area contributed by atoms with Gasteiger partial charge in [0.15, 0.2) is 4.80 Å². The fourth-order valence-corrected chi connectivity index (χ4v) is 6.36. The van der Waals surface area contributed by atoms with Crippen LogP contribution in [0.2, 0.25) is 5.02 Å². The lowest BCUT2D eigenvalue weighted by molar-refractivity contribution is -0.139. The fraction of sp³-hybridized carbons (Fsp3) is 0.156. The zero-order valence-corrected chi connectivity index (χ0v) is 23.9. The van der Waals surface area contributed by atoms with Crippen molar-refractivity contribution in [2.24, 2.45) is 4.99 Å². The van der Waals surface area contributed by atoms with E-state index in [1.54, 1.807) is 42.7 Å². The maximum absolute atomic E-state index is 14.0. The van der Waals surface area contributed by atoms with Crippen LogP contribution in [0.1, 0.15) is 36.6 Å². The van der Waals surface area contributed by atoms with Gasteiger partial charge in [0.05, 0.1) is 28.5 Å². The highest BCUT2D eigenvalue weighted by molar-refractivity contribution is 7.07. The molecular formula is C32H25ClFN3O3S. The normalized spacial score (nSPS) is 15.2.